The summed E-state index contributed by atoms with van der Waals surface area (Å²) in [5.41, 5.74) is 2.55. The molecule has 1 aliphatic rings. The largest absolute Gasteiger partial charge is 0.379 e. The van der Waals surface area contributed by atoms with Gasteiger partial charge in [0.1, 0.15) is 5.60 Å². The number of nitrogens with zero attached hydrogens (tertiary/aromatic N) is 1. The summed E-state index contributed by atoms with van der Waals surface area (Å²) in [6.07, 6.45) is 6.33. The summed E-state index contributed by atoms with van der Waals surface area (Å²) in [4.78, 5) is 0. The van der Waals surface area contributed by atoms with Crippen molar-refractivity contribution in [2.75, 3.05) is 0 Å². The van der Waals surface area contributed by atoms with Crippen molar-refractivity contribution in [2.24, 2.45) is 0 Å². The number of aliphatic hydroxyl groups is 1. The average Bonchev–Trinajstić information content (AvgIpc) is 2.76. The van der Waals surface area contributed by atoms with Crippen LogP contribution in [0.4, 0.5) is 0 Å². The molecule has 2 heteroatoms. The van der Waals surface area contributed by atoms with Gasteiger partial charge < -0.3 is 9.67 Å². The van der Waals surface area contributed by atoms with Crippen LogP contribution in [-0.4, -0.2) is 9.67 Å². The van der Waals surface area contributed by atoms with Crippen LogP contribution in [-0.2, 0) is 18.6 Å². The SMILES string of the molecule is C=CCn1c2c(c3ccccc31)CCCC2(O)C=C. The third kappa shape index (κ3) is 1.67. The number of para-hydroxylation sites is 1. The molecule has 0 bridgehead atoms. The Balaban J connectivity index is 2.40. The van der Waals surface area contributed by atoms with Crippen LogP contribution in [0, 0.1) is 0 Å². The van der Waals surface area contributed by atoms with E-state index >= 15 is 0 Å². The Morgan fingerprint density at radius 3 is 2.84 bits per heavy atom. The number of fused-ring (bicyclic) bond motifs is 3. The van der Waals surface area contributed by atoms with Gasteiger partial charge in [0, 0.05) is 17.4 Å². The third-order valence-corrected chi connectivity index (χ3v) is 4.12. The fourth-order valence-electron chi connectivity index (χ4n) is 3.29. The summed E-state index contributed by atoms with van der Waals surface area (Å²) < 4.78 is 2.18. The molecule has 2 aromatic rings. The standard InChI is InChI=1S/C17H19NO/c1-3-12-18-15-10-6-5-8-13(15)14-9-7-11-17(19,4-2)16(14)18/h3-6,8,10,19H,1-2,7,9,11-12H2. The van der Waals surface area contributed by atoms with Gasteiger partial charge in [0.25, 0.3) is 0 Å². The molecule has 1 N–H and O–H groups in total. The number of aryl methyl sites for hydroxylation is 1. The predicted molar refractivity (Wildman–Crippen MR) is 79.2 cm³/mol. The van der Waals surface area contributed by atoms with Crippen LogP contribution < -0.4 is 0 Å². The lowest BCUT2D eigenvalue weighted by Gasteiger charge is -2.31. The van der Waals surface area contributed by atoms with Crippen LogP contribution in [0.1, 0.15) is 24.1 Å². The van der Waals surface area contributed by atoms with Crippen LogP contribution in [0.3, 0.4) is 0 Å². The Morgan fingerprint density at radius 1 is 1.32 bits per heavy atom. The molecule has 3 rings (SSSR count). The highest BCUT2D eigenvalue weighted by molar-refractivity contribution is 5.86. The van der Waals surface area contributed by atoms with Crippen molar-refractivity contribution in [1.82, 2.24) is 4.57 Å². The quantitative estimate of drug-likeness (QED) is 0.832. The van der Waals surface area contributed by atoms with E-state index in [1.165, 1.54) is 16.5 Å². The minimum absolute atomic E-state index is 0.714. The lowest BCUT2D eigenvalue weighted by atomic mass is 9.83. The number of hydrogen-bond donors (Lipinski definition) is 1. The molecule has 2 nitrogen and oxygen atoms in total. The zero-order valence-corrected chi connectivity index (χ0v) is 11.1. The molecule has 1 atom stereocenters. The van der Waals surface area contributed by atoms with E-state index in [-0.39, 0.29) is 0 Å². The monoisotopic (exact) mass is 253 g/mol. The van der Waals surface area contributed by atoms with Crippen LogP contribution in [0.2, 0.25) is 0 Å². The van der Waals surface area contributed by atoms with Gasteiger partial charge in [0.2, 0.25) is 0 Å². The topological polar surface area (TPSA) is 25.2 Å². The van der Waals surface area contributed by atoms with Crippen LogP contribution in [0.5, 0.6) is 0 Å². The second kappa shape index (κ2) is 4.39. The lowest BCUT2D eigenvalue weighted by Crippen LogP contribution is -2.30. The van der Waals surface area contributed by atoms with Crippen LogP contribution >= 0.6 is 0 Å². The molecule has 0 saturated heterocycles. The summed E-state index contributed by atoms with van der Waals surface area (Å²) in [6.45, 7) is 8.39. The van der Waals surface area contributed by atoms with Crippen molar-refractivity contribution in [1.29, 1.82) is 0 Å². The first kappa shape index (κ1) is 12.2. The molecular weight excluding hydrogens is 234 g/mol. The second-order valence-electron chi connectivity index (χ2n) is 5.23. The van der Waals surface area contributed by atoms with Gasteiger partial charge in [-0.1, -0.05) is 36.9 Å². The Labute approximate surface area is 113 Å². The smallest absolute Gasteiger partial charge is 0.123 e. The fourth-order valence-corrected chi connectivity index (χ4v) is 3.29. The molecule has 0 saturated carbocycles. The van der Waals surface area contributed by atoms with E-state index in [4.69, 9.17) is 0 Å². The molecule has 19 heavy (non-hydrogen) atoms. The Hall–Kier alpha value is -1.80. The van der Waals surface area contributed by atoms with Crippen LogP contribution in [0.25, 0.3) is 10.9 Å². The van der Waals surface area contributed by atoms with Crippen molar-refractivity contribution >= 4 is 10.9 Å². The van der Waals surface area contributed by atoms with E-state index in [1.54, 1.807) is 6.08 Å². The lowest BCUT2D eigenvalue weighted by molar-refractivity contribution is 0.0627. The molecule has 98 valence electrons. The number of aromatic nitrogens is 1. The summed E-state index contributed by atoms with van der Waals surface area (Å²) in [6, 6.07) is 8.35. The average molecular weight is 253 g/mol. The molecule has 1 aromatic carbocycles. The van der Waals surface area contributed by atoms with Crippen LogP contribution in [0.15, 0.2) is 49.6 Å². The molecule has 0 spiro atoms. The zero-order chi connectivity index (χ0) is 13.5. The minimum Gasteiger partial charge on any atom is -0.379 e. The first-order valence-corrected chi connectivity index (χ1v) is 6.78. The molecule has 1 aliphatic carbocycles. The predicted octanol–water partition coefficient (Wildman–Crippen LogP) is 3.54. The molecule has 0 radical (unpaired) electrons. The fraction of sp³-hybridized carbons (Fsp3) is 0.294. The number of hydrogen-bond acceptors (Lipinski definition) is 1. The highest BCUT2D eigenvalue weighted by Crippen LogP contribution is 2.41. The van der Waals surface area contributed by atoms with Crippen molar-refractivity contribution in [3.8, 4) is 0 Å². The molecule has 0 amide bonds. The maximum atomic E-state index is 10.9. The normalized spacial score (nSPS) is 22.2. The van der Waals surface area contributed by atoms with E-state index in [9.17, 15) is 5.11 Å². The highest BCUT2D eigenvalue weighted by Gasteiger charge is 2.36. The van der Waals surface area contributed by atoms with Crippen molar-refractivity contribution < 1.29 is 5.11 Å². The van der Waals surface area contributed by atoms with Gasteiger partial charge in [-0.3, -0.25) is 0 Å². The van der Waals surface area contributed by atoms with Gasteiger partial charge in [-0.15, -0.1) is 6.58 Å². The Kier molecular flexibility index (Phi) is 2.83. The highest BCUT2D eigenvalue weighted by atomic mass is 16.3. The summed E-state index contributed by atoms with van der Waals surface area (Å²) >= 11 is 0. The maximum Gasteiger partial charge on any atom is 0.123 e. The summed E-state index contributed by atoms with van der Waals surface area (Å²) in [7, 11) is 0. The van der Waals surface area contributed by atoms with Crippen molar-refractivity contribution in [3.63, 3.8) is 0 Å². The number of benzene rings is 1. The second-order valence-corrected chi connectivity index (χ2v) is 5.23. The van der Waals surface area contributed by atoms with Gasteiger partial charge in [0.05, 0.1) is 5.69 Å². The Morgan fingerprint density at radius 2 is 2.11 bits per heavy atom. The molecule has 1 heterocycles. The van der Waals surface area contributed by atoms with Crippen molar-refractivity contribution in [3.05, 3.63) is 60.8 Å². The third-order valence-electron chi connectivity index (χ3n) is 4.12. The maximum absolute atomic E-state index is 10.9. The van der Waals surface area contributed by atoms with E-state index in [0.29, 0.717) is 6.54 Å². The van der Waals surface area contributed by atoms with Gasteiger partial charge in [-0.25, -0.2) is 0 Å². The van der Waals surface area contributed by atoms with E-state index < -0.39 is 5.60 Å². The van der Waals surface area contributed by atoms with E-state index in [2.05, 4.69) is 35.9 Å². The summed E-state index contributed by atoms with van der Waals surface area (Å²) in [5, 5.41) is 12.1. The molecule has 1 unspecified atom stereocenters. The first-order valence-electron chi connectivity index (χ1n) is 6.78. The molecule has 0 aliphatic heterocycles. The first-order chi connectivity index (χ1) is 9.21. The van der Waals surface area contributed by atoms with Gasteiger partial charge >= 0.3 is 0 Å². The van der Waals surface area contributed by atoms with E-state index in [0.717, 1.165) is 25.0 Å². The van der Waals surface area contributed by atoms with Crippen molar-refractivity contribution in [2.45, 2.75) is 31.4 Å². The summed E-state index contributed by atoms with van der Waals surface area (Å²) in [5.74, 6) is 0. The molecular formula is C17H19NO. The van der Waals surface area contributed by atoms with Gasteiger partial charge in [-0.05, 0) is 30.9 Å². The van der Waals surface area contributed by atoms with E-state index in [1.807, 2.05) is 12.1 Å². The number of rotatable bonds is 3. The van der Waals surface area contributed by atoms with Gasteiger partial charge in [-0.2, -0.15) is 0 Å². The molecule has 0 fully saturated rings. The molecule has 1 aromatic heterocycles. The Bertz CT molecular complexity index is 653. The zero-order valence-electron chi connectivity index (χ0n) is 11.1. The van der Waals surface area contributed by atoms with Gasteiger partial charge in [0.15, 0.2) is 0 Å². The minimum atomic E-state index is -0.907. The number of allylic oxidation sites excluding steroid dienone is 1.